The van der Waals surface area contributed by atoms with E-state index in [-0.39, 0.29) is 39.0 Å². The summed E-state index contributed by atoms with van der Waals surface area (Å²) in [6.45, 7) is 1.46. The van der Waals surface area contributed by atoms with Gasteiger partial charge >= 0.3 is 6.18 Å². The van der Waals surface area contributed by atoms with Gasteiger partial charge in [0.2, 0.25) is 0 Å². The lowest BCUT2D eigenvalue weighted by atomic mass is 10.2. The standard InChI is InChI=1S/C19H20F3N5O4S/c1-4-32(29,30)12-7-8-14(25-31-3)24-15(12)17-23-11-9-13(19(20,21)22)27(10-5-6-10)18(28)16(11)26(17)2/h7-10H,4-6H2,1-3H3,(H,24,25). The van der Waals surface area contributed by atoms with Gasteiger partial charge in [0.15, 0.2) is 21.5 Å². The molecule has 3 aromatic rings. The molecule has 1 N–H and O–H groups in total. The maximum atomic E-state index is 13.7. The molecule has 0 spiro atoms. The Balaban J connectivity index is 2.05. The van der Waals surface area contributed by atoms with Gasteiger partial charge in [0.1, 0.15) is 16.9 Å². The molecule has 0 bridgehead atoms. The molecule has 1 fully saturated rings. The van der Waals surface area contributed by atoms with Gasteiger partial charge < -0.3 is 4.57 Å². The van der Waals surface area contributed by atoms with Gasteiger partial charge in [-0.1, -0.05) is 6.92 Å². The second kappa shape index (κ2) is 7.59. The Labute approximate surface area is 180 Å². The molecule has 0 radical (unpaired) electrons. The molecule has 0 aromatic carbocycles. The first kappa shape index (κ1) is 22.3. The fraction of sp³-hybridized carbons (Fsp3) is 0.421. The number of imidazole rings is 1. The van der Waals surface area contributed by atoms with Crippen LogP contribution in [0.15, 0.2) is 27.9 Å². The number of anilines is 1. The van der Waals surface area contributed by atoms with E-state index in [9.17, 15) is 26.4 Å². The molecular formula is C19H20F3N5O4S. The highest BCUT2D eigenvalue weighted by Crippen LogP contribution is 2.40. The third-order valence-electron chi connectivity index (χ3n) is 5.27. The molecule has 1 aliphatic carbocycles. The van der Waals surface area contributed by atoms with Gasteiger partial charge in [-0.2, -0.15) is 13.2 Å². The zero-order chi connectivity index (χ0) is 23.4. The third-order valence-corrected chi connectivity index (χ3v) is 7.03. The smallest absolute Gasteiger partial charge is 0.321 e. The van der Waals surface area contributed by atoms with Gasteiger partial charge in [-0.3, -0.25) is 14.2 Å². The van der Waals surface area contributed by atoms with E-state index in [0.29, 0.717) is 12.8 Å². The first-order valence-corrected chi connectivity index (χ1v) is 11.4. The SMILES string of the molecule is CCS(=O)(=O)c1ccc(NOC)nc1-c1nc2cc(C(F)(F)F)n(C3CC3)c(=O)c2n1C. The molecule has 9 nitrogen and oxygen atoms in total. The molecule has 172 valence electrons. The summed E-state index contributed by atoms with van der Waals surface area (Å²) < 4.78 is 68.4. The number of nitrogens with one attached hydrogen (secondary N) is 1. The van der Waals surface area contributed by atoms with Crippen molar-refractivity contribution in [3.05, 3.63) is 34.2 Å². The Hall–Kier alpha value is -2.93. The van der Waals surface area contributed by atoms with E-state index < -0.39 is 33.3 Å². The second-order valence-electron chi connectivity index (χ2n) is 7.41. The zero-order valence-corrected chi connectivity index (χ0v) is 18.2. The van der Waals surface area contributed by atoms with Gasteiger partial charge in [-0.25, -0.2) is 23.9 Å². The van der Waals surface area contributed by atoms with Crippen LogP contribution in [-0.2, 0) is 27.9 Å². The van der Waals surface area contributed by atoms with Crippen LogP contribution in [0.25, 0.3) is 22.6 Å². The summed E-state index contributed by atoms with van der Waals surface area (Å²) in [5.41, 5.74) is 0.223. The molecule has 32 heavy (non-hydrogen) atoms. The predicted octanol–water partition coefficient (Wildman–Crippen LogP) is 2.92. The fourth-order valence-corrected chi connectivity index (χ4v) is 4.61. The topological polar surface area (TPSA) is 108 Å². The number of aromatic nitrogens is 4. The monoisotopic (exact) mass is 471 g/mol. The Morgan fingerprint density at radius 2 is 1.94 bits per heavy atom. The number of halogens is 3. The number of hydrogen-bond acceptors (Lipinski definition) is 7. The summed E-state index contributed by atoms with van der Waals surface area (Å²) in [6, 6.07) is 3.00. The molecule has 0 amide bonds. The van der Waals surface area contributed by atoms with Crippen LogP contribution in [0.3, 0.4) is 0 Å². The largest absolute Gasteiger partial charge is 0.431 e. The van der Waals surface area contributed by atoms with E-state index >= 15 is 0 Å². The lowest BCUT2D eigenvalue weighted by molar-refractivity contribution is -0.144. The first-order valence-electron chi connectivity index (χ1n) is 9.72. The summed E-state index contributed by atoms with van der Waals surface area (Å²) in [6.07, 6.45) is -3.79. The average molecular weight is 471 g/mol. The molecule has 0 atom stereocenters. The number of sulfone groups is 1. The van der Waals surface area contributed by atoms with Gasteiger partial charge in [-0.05, 0) is 31.0 Å². The van der Waals surface area contributed by atoms with Crippen molar-refractivity contribution in [2.45, 2.75) is 36.9 Å². The summed E-state index contributed by atoms with van der Waals surface area (Å²) in [4.78, 5) is 26.2. The van der Waals surface area contributed by atoms with E-state index in [1.807, 2.05) is 0 Å². The number of pyridine rings is 2. The molecular weight excluding hydrogens is 451 g/mol. The Morgan fingerprint density at radius 3 is 2.50 bits per heavy atom. The third kappa shape index (κ3) is 3.64. The van der Waals surface area contributed by atoms with Crippen molar-refractivity contribution < 1.29 is 26.4 Å². The predicted molar refractivity (Wildman–Crippen MR) is 110 cm³/mol. The number of fused-ring (bicyclic) bond motifs is 1. The maximum Gasteiger partial charge on any atom is 0.431 e. The molecule has 4 rings (SSSR count). The van der Waals surface area contributed by atoms with Crippen molar-refractivity contribution in [3.63, 3.8) is 0 Å². The van der Waals surface area contributed by atoms with E-state index in [1.54, 1.807) is 0 Å². The Kier molecular flexibility index (Phi) is 5.28. The molecule has 1 saturated carbocycles. The summed E-state index contributed by atoms with van der Waals surface area (Å²) >= 11 is 0. The van der Waals surface area contributed by atoms with Crippen molar-refractivity contribution in [2.24, 2.45) is 7.05 Å². The minimum atomic E-state index is -4.75. The van der Waals surface area contributed by atoms with Gasteiger partial charge in [0, 0.05) is 13.1 Å². The molecule has 3 heterocycles. The van der Waals surface area contributed by atoms with Crippen LogP contribution in [0.5, 0.6) is 0 Å². The molecule has 0 saturated heterocycles. The van der Waals surface area contributed by atoms with Gasteiger partial charge in [-0.15, -0.1) is 0 Å². The number of rotatable bonds is 6. The Morgan fingerprint density at radius 1 is 1.25 bits per heavy atom. The number of nitrogens with zero attached hydrogens (tertiary/aromatic N) is 4. The van der Waals surface area contributed by atoms with Gasteiger partial charge in [0.25, 0.3) is 5.56 Å². The highest BCUT2D eigenvalue weighted by molar-refractivity contribution is 7.91. The van der Waals surface area contributed by atoms with Gasteiger partial charge in [0.05, 0.1) is 23.3 Å². The van der Waals surface area contributed by atoms with Crippen LogP contribution < -0.4 is 11.0 Å². The number of aryl methyl sites for hydroxylation is 1. The van der Waals surface area contributed by atoms with Crippen molar-refractivity contribution in [1.29, 1.82) is 0 Å². The normalized spacial score (nSPS) is 14.8. The van der Waals surface area contributed by atoms with Crippen molar-refractivity contribution in [1.82, 2.24) is 19.1 Å². The van der Waals surface area contributed by atoms with Crippen LogP contribution in [0.1, 0.15) is 31.5 Å². The van der Waals surface area contributed by atoms with Crippen LogP contribution >= 0.6 is 0 Å². The quantitative estimate of drug-likeness (QED) is 0.551. The summed E-state index contributed by atoms with van der Waals surface area (Å²) in [7, 11) is -0.983. The average Bonchev–Trinajstić information content (AvgIpc) is 3.50. The second-order valence-corrected chi connectivity index (χ2v) is 9.66. The van der Waals surface area contributed by atoms with E-state index in [4.69, 9.17) is 4.84 Å². The minimum Gasteiger partial charge on any atom is -0.321 e. The fourth-order valence-electron chi connectivity index (χ4n) is 3.60. The van der Waals surface area contributed by atoms with E-state index in [0.717, 1.165) is 10.6 Å². The summed E-state index contributed by atoms with van der Waals surface area (Å²) in [5.74, 6) is -0.114. The molecule has 13 heteroatoms. The highest BCUT2D eigenvalue weighted by atomic mass is 32.2. The first-order chi connectivity index (χ1) is 15.0. The van der Waals surface area contributed by atoms with Crippen LogP contribution in [0.2, 0.25) is 0 Å². The number of hydrogen-bond donors (Lipinski definition) is 1. The summed E-state index contributed by atoms with van der Waals surface area (Å²) in [5, 5.41) is 0. The van der Waals surface area contributed by atoms with E-state index in [1.165, 1.54) is 37.8 Å². The lowest BCUT2D eigenvalue weighted by Crippen LogP contribution is -2.28. The maximum absolute atomic E-state index is 13.7. The molecule has 1 aliphatic rings. The molecule has 3 aromatic heterocycles. The lowest BCUT2D eigenvalue weighted by Gasteiger charge is -2.15. The molecule has 0 unspecified atom stereocenters. The van der Waals surface area contributed by atoms with Crippen molar-refractivity contribution in [2.75, 3.05) is 18.3 Å². The van der Waals surface area contributed by atoms with E-state index in [2.05, 4.69) is 15.4 Å². The van der Waals surface area contributed by atoms with Crippen LogP contribution in [-0.4, -0.2) is 40.4 Å². The Bertz CT molecular complexity index is 1370. The van der Waals surface area contributed by atoms with Crippen molar-refractivity contribution >= 4 is 26.7 Å². The molecule has 0 aliphatic heterocycles. The van der Waals surface area contributed by atoms with Crippen molar-refractivity contribution in [3.8, 4) is 11.5 Å². The van der Waals surface area contributed by atoms with Crippen LogP contribution in [0, 0.1) is 0 Å². The minimum absolute atomic E-state index is 0.0504. The van der Waals surface area contributed by atoms with Crippen LogP contribution in [0.4, 0.5) is 19.0 Å². The highest BCUT2D eigenvalue weighted by Gasteiger charge is 2.40. The zero-order valence-electron chi connectivity index (χ0n) is 17.4. The number of alkyl halides is 3.